The Morgan fingerprint density at radius 1 is 0.872 bits per heavy atom. The Morgan fingerprint density at radius 3 is 2.26 bits per heavy atom. The van der Waals surface area contributed by atoms with Gasteiger partial charge in [0.25, 0.3) is 0 Å². The van der Waals surface area contributed by atoms with Crippen LogP contribution < -0.4 is 4.74 Å². The fourth-order valence-corrected chi connectivity index (χ4v) is 5.55. The van der Waals surface area contributed by atoms with Crippen molar-refractivity contribution in [2.45, 2.75) is 70.0 Å². The van der Waals surface area contributed by atoms with Gasteiger partial charge in [-0.15, -0.1) is 0 Å². The van der Waals surface area contributed by atoms with E-state index in [1.165, 1.54) is 11.1 Å². The fraction of sp³-hybridized carbons (Fsp3) is 0.424. The number of hydrogen-bond donors (Lipinski definition) is 1. The van der Waals surface area contributed by atoms with Crippen molar-refractivity contribution in [2.75, 3.05) is 19.7 Å². The molecule has 0 saturated carbocycles. The summed E-state index contributed by atoms with van der Waals surface area (Å²) in [6.45, 7) is 5.00. The molecule has 3 aromatic rings. The molecule has 39 heavy (non-hydrogen) atoms. The Bertz CT molecular complexity index is 1170. The van der Waals surface area contributed by atoms with E-state index in [2.05, 4.69) is 53.4 Å². The molecule has 2 aliphatic rings. The number of hydrogen-bond acceptors (Lipinski definition) is 5. The van der Waals surface area contributed by atoms with Gasteiger partial charge in [-0.1, -0.05) is 66.7 Å². The third-order valence-corrected chi connectivity index (χ3v) is 7.93. The van der Waals surface area contributed by atoms with Crippen molar-refractivity contribution in [3.8, 4) is 5.75 Å². The predicted molar refractivity (Wildman–Crippen MR) is 151 cm³/mol. The van der Waals surface area contributed by atoms with Crippen molar-refractivity contribution in [1.82, 2.24) is 4.90 Å². The molecule has 2 aliphatic heterocycles. The smallest absolute Gasteiger partial charge is 0.303 e. The van der Waals surface area contributed by atoms with Gasteiger partial charge in [-0.3, -0.25) is 9.69 Å². The molecule has 2 fully saturated rings. The molecule has 206 valence electrons. The van der Waals surface area contributed by atoms with Crippen molar-refractivity contribution in [3.05, 3.63) is 101 Å². The lowest BCUT2D eigenvalue weighted by Gasteiger charge is -2.46. The number of carboxylic acids is 1. The van der Waals surface area contributed by atoms with E-state index in [1.54, 1.807) is 0 Å². The number of carboxylic acid groups (broad SMARTS) is 1. The minimum Gasteiger partial charge on any atom is -0.489 e. The molecule has 0 aliphatic carbocycles. The molecule has 0 radical (unpaired) electrons. The maximum Gasteiger partial charge on any atom is 0.303 e. The zero-order chi connectivity index (χ0) is 26.9. The van der Waals surface area contributed by atoms with Gasteiger partial charge in [0.05, 0.1) is 18.3 Å². The zero-order valence-corrected chi connectivity index (χ0v) is 22.6. The highest BCUT2D eigenvalue weighted by molar-refractivity contribution is 5.67. The number of aliphatic carboxylic acids is 1. The lowest BCUT2D eigenvalue weighted by Crippen LogP contribution is -2.50. The predicted octanol–water partition coefficient (Wildman–Crippen LogP) is 6.01. The second-order valence-corrected chi connectivity index (χ2v) is 10.9. The maximum atomic E-state index is 10.7. The highest BCUT2D eigenvalue weighted by Crippen LogP contribution is 2.36. The number of carbonyl (C=O) groups is 1. The van der Waals surface area contributed by atoms with E-state index in [1.807, 2.05) is 30.3 Å². The summed E-state index contributed by atoms with van der Waals surface area (Å²) in [6, 6.07) is 26.8. The van der Waals surface area contributed by atoms with Crippen molar-refractivity contribution >= 4 is 5.97 Å². The maximum absolute atomic E-state index is 10.7. The van der Waals surface area contributed by atoms with E-state index in [4.69, 9.17) is 19.3 Å². The van der Waals surface area contributed by atoms with E-state index in [0.717, 1.165) is 68.8 Å². The second kappa shape index (κ2) is 13.2. The molecule has 1 unspecified atom stereocenters. The number of piperidine rings is 1. The standard InChI is InChI=1S/C33H39NO5/c35-32(36)15-12-26-10-13-30(14-11-26)37-25-29-8-6-27(7-9-29)23-34-19-17-33(18-20-34)22-31(16-21-39-33)38-24-28-4-2-1-3-5-28/h1-11,13-14,31H,12,15-25H2,(H,35,36). The summed E-state index contributed by atoms with van der Waals surface area (Å²) in [5, 5.41) is 8.82. The first-order chi connectivity index (χ1) is 19.1. The average molecular weight is 530 g/mol. The first kappa shape index (κ1) is 27.4. The summed E-state index contributed by atoms with van der Waals surface area (Å²) in [4.78, 5) is 13.3. The normalized spacial score (nSPS) is 19.1. The summed E-state index contributed by atoms with van der Waals surface area (Å²) in [5.41, 5.74) is 4.64. The first-order valence-corrected chi connectivity index (χ1v) is 14.1. The van der Waals surface area contributed by atoms with Crippen LogP contribution in [0.1, 0.15) is 54.4 Å². The Morgan fingerprint density at radius 2 is 1.54 bits per heavy atom. The summed E-state index contributed by atoms with van der Waals surface area (Å²) in [5.74, 6) is 0.0117. The largest absolute Gasteiger partial charge is 0.489 e. The summed E-state index contributed by atoms with van der Waals surface area (Å²) >= 11 is 0. The van der Waals surface area contributed by atoms with Gasteiger partial charge in [0.15, 0.2) is 0 Å². The number of nitrogens with zero attached hydrogens (tertiary/aromatic N) is 1. The van der Waals surface area contributed by atoms with Crippen LogP contribution in [0.3, 0.4) is 0 Å². The van der Waals surface area contributed by atoms with Gasteiger partial charge in [0.1, 0.15) is 12.4 Å². The third-order valence-electron chi connectivity index (χ3n) is 7.93. The van der Waals surface area contributed by atoms with Crippen LogP contribution in [0.5, 0.6) is 5.75 Å². The zero-order valence-electron chi connectivity index (χ0n) is 22.6. The van der Waals surface area contributed by atoms with E-state index in [9.17, 15) is 4.79 Å². The van der Waals surface area contributed by atoms with Crippen molar-refractivity contribution in [3.63, 3.8) is 0 Å². The first-order valence-electron chi connectivity index (χ1n) is 14.1. The van der Waals surface area contributed by atoms with Gasteiger partial charge in [-0.05, 0) is 60.1 Å². The third kappa shape index (κ3) is 8.15. The molecule has 1 spiro atoms. The van der Waals surface area contributed by atoms with Crippen LogP contribution in [0.25, 0.3) is 0 Å². The molecule has 6 heteroatoms. The molecule has 0 aromatic heterocycles. The Kier molecular flexibility index (Phi) is 9.30. The summed E-state index contributed by atoms with van der Waals surface area (Å²) in [6.07, 6.45) is 5.03. The Balaban J connectivity index is 1.04. The van der Waals surface area contributed by atoms with Gasteiger partial charge >= 0.3 is 5.97 Å². The minimum absolute atomic E-state index is 0.0360. The molecule has 3 aromatic carbocycles. The quantitative estimate of drug-likeness (QED) is 0.328. The molecular formula is C33H39NO5. The van der Waals surface area contributed by atoms with Crippen LogP contribution in [0.2, 0.25) is 0 Å². The van der Waals surface area contributed by atoms with Gasteiger partial charge in [0, 0.05) is 39.1 Å². The van der Waals surface area contributed by atoms with Crippen molar-refractivity contribution in [1.29, 1.82) is 0 Å². The van der Waals surface area contributed by atoms with Gasteiger partial charge in [-0.2, -0.15) is 0 Å². The molecular weight excluding hydrogens is 490 g/mol. The van der Waals surface area contributed by atoms with Crippen LogP contribution in [0.15, 0.2) is 78.9 Å². The van der Waals surface area contributed by atoms with E-state index >= 15 is 0 Å². The summed E-state index contributed by atoms with van der Waals surface area (Å²) in [7, 11) is 0. The second-order valence-electron chi connectivity index (χ2n) is 10.9. The summed E-state index contributed by atoms with van der Waals surface area (Å²) < 4.78 is 18.6. The van der Waals surface area contributed by atoms with Crippen LogP contribution in [0.4, 0.5) is 0 Å². The molecule has 5 rings (SSSR count). The van der Waals surface area contributed by atoms with E-state index < -0.39 is 5.97 Å². The highest BCUT2D eigenvalue weighted by atomic mass is 16.5. The van der Waals surface area contributed by atoms with Crippen LogP contribution in [0, 0.1) is 0 Å². The van der Waals surface area contributed by atoms with Gasteiger partial charge < -0.3 is 19.3 Å². The molecule has 0 amide bonds. The number of likely N-dealkylation sites (tertiary alicyclic amines) is 1. The van der Waals surface area contributed by atoms with E-state index in [-0.39, 0.29) is 18.1 Å². The van der Waals surface area contributed by atoms with Crippen molar-refractivity contribution in [2.24, 2.45) is 0 Å². The molecule has 1 N–H and O–H groups in total. The number of benzene rings is 3. The van der Waals surface area contributed by atoms with Gasteiger partial charge in [-0.25, -0.2) is 0 Å². The van der Waals surface area contributed by atoms with Crippen LogP contribution >= 0.6 is 0 Å². The number of ether oxygens (including phenoxy) is 3. The van der Waals surface area contributed by atoms with E-state index in [0.29, 0.717) is 19.6 Å². The molecule has 1 atom stereocenters. The SMILES string of the molecule is O=C(O)CCc1ccc(OCc2ccc(CN3CCC4(CC3)CC(OCc3ccccc3)CCO4)cc2)cc1. The lowest BCUT2D eigenvalue weighted by atomic mass is 9.83. The van der Waals surface area contributed by atoms with Gasteiger partial charge in [0.2, 0.25) is 0 Å². The Labute approximate surface area is 231 Å². The molecule has 2 heterocycles. The minimum atomic E-state index is -0.778. The monoisotopic (exact) mass is 529 g/mol. The molecule has 6 nitrogen and oxygen atoms in total. The highest BCUT2D eigenvalue weighted by Gasteiger charge is 2.40. The van der Waals surface area contributed by atoms with Crippen LogP contribution in [-0.4, -0.2) is 47.4 Å². The lowest BCUT2D eigenvalue weighted by molar-refractivity contribution is -0.158. The number of rotatable bonds is 11. The molecule has 0 bridgehead atoms. The average Bonchev–Trinajstić information content (AvgIpc) is 2.97. The number of aryl methyl sites for hydroxylation is 1. The van der Waals surface area contributed by atoms with Crippen LogP contribution in [-0.2, 0) is 40.4 Å². The van der Waals surface area contributed by atoms with Crippen molar-refractivity contribution < 1.29 is 24.1 Å². The molecule has 2 saturated heterocycles. The topological polar surface area (TPSA) is 68.2 Å². The Hall–Kier alpha value is -3.19. The fourth-order valence-electron chi connectivity index (χ4n) is 5.55.